The molecule has 0 N–H and O–H groups in total. The first kappa shape index (κ1) is 28.7. The molecule has 1 aliphatic rings. The monoisotopic (exact) mass is 606 g/mol. The second kappa shape index (κ2) is 11.3. The van der Waals surface area contributed by atoms with Crippen LogP contribution in [0.3, 0.4) is 0 Å². The van der Waals surface area contributed by atoms with E-state index in [1.54, 1.807) is 6.20 Å². The quantitative estimate of drug-likeness (QED) is 0.196. The maximum Gasteiger partial charge on any atom is 0.182 e. The number of nitrogens with zero attached hydrogens (tertiary/aromatic N) is 4. The number of pyridine rings is 1. The third-order valence-electron chi connectivity index (χ3n) is 9.53. The standard InChI is InChI=1S/C43H34N4/c1-27-26-32(21-22-33(27)34-23-24-36-35-14-8-9-15-37(35)43(3,4)39(36)28(34)2)29-17-19-31(20-18-29)41-45-40(30-12-6-5-7-13-30)46-42(47-41)38-16-10-11-25-44-38/h5-26H,1-4H3. The first-order chi connectivity index (χ1) is 22.9. The summed E-state index contributed by atoms with van der Waals surface area (Å²) in [7, 11) is 0. The van der Waals surface area contributed by atoms with Crippen molar-refractivity contribution >= 4 is 0 Å². The molecule has 4 heteroatoms. The predicted molar refractivity (Wildman–Crippen MR) is 192 cm³/mol. The topological polar surface area (TPSA) is 51.6 Å². The summed E-state index contributed by atoms with van der Waals surface area (Å²) in [5.74, 6) is 1.80. The van der Waals surface area contributed by atoms with E-state index in [0.717, 1.165) is 16.7 Å². The third-order valence-corrected chi connectivity index (χ3v) is 9.53. The van der Waals surface area contributed by atoms with E-state index < -0.39 is 0 Å². The van der Waals surface area contributed by atoms with Crippen molar-refractivity contribution in [3.63, 3.8) is 0 Å². The van der Waals surface area contributed by atoms with Crippen molar-refractivity contribution in [2.24, 2.45) is 0 Å². The van der Waals surface area contributed by atoms with Crippen LogP contribution in [0.25, 0.3) is 67.7 Å². The van der Waals surface area contributed by atoms with Crippen molar-refractivity contribution < 1.29 is 0 Å². The van der Waals surface area contributed by atoms with Crippen LogP contribution in [0.4, 0.5) is 0 Å². The fourth-order valence-electron chi connectivity index (χ4n) is 7.22. The van der Waals surface area contributed by atoms with Crippen LogP contribution >= 0.6 is 0 Å². The minimum Gasteiger partial charge on any atom is -0.253 e. The Morgan fingerprint density at radius 1 is 0.468 bits per heavy atom. The first-order valence-corrected chi connectivity index (χ1v) is 16.1. The second-order valence-corrected chi connectivity index (χ2v) is 12.8. The van der Waals surface area contributed by atoms with E-state index in [2.05, 4.69) is 112 Å². The van der Waals surface area contributed by atoms with Gasteiger partial charge < -0.3 is 0 Å². The van der Waals surface area contributed by atoms with Gasteiger partial charge in [-0.25, -0.2) is 15.0 Å². The van der Waals surface area contributed by atoms with Crippen LogP contribution in [-0.2, 0) is 5.41 Å². The molecule has 0 atom stereocenters. The van der Waals surface area contributed by atoms with Crippen LogP contribution in [0.2, 0.25) is 0 Å². The van der Waals surface area contributed by atoms with Crippen LogP contribution in [0.15, 0.2) is 134 Å². The van der Waals surface area contributed by atoms with E-state index >= 15 is 0 Å². The molecule has 0 unspecified atom stereocenters. The normalized spacial score (nSPS) is 12.9. The zero-order chi connectivity index (χ0) is 32.1. The van der Waals surface area contributed by atoms with Crippen LogP contribution < -0.4 is 0 Å². The molecule has 2 aromatic heterocycles. The molecule has 0 spiro atoms. The highest BCUT2D eigenvalue weighted by Crippen LogP contribution is 2.51. The molecule has 5 aromatic carbocycles. The molecule has 0 saturated heterocycles. The molecule has 0 bridgehead atoms. The van der Waals surface area contributed by atoms with Crippen molar-refractivity contribution in [2.45, 2.75) is 33.1 Å². The van der Waals surface area contributed by atoms with E-state index in [1.165, 1.54) is 50.1 Å². The molecule has 0 amide bonds. The molecule has 4 nitrogen and oxygen atoms in total. The van der Waals surface area contributed by atoms with Crippen LogP contribution in [0.1, 0.15) is 36.1 Å². The van der Waals surface area contributed by atoms with E-state index in [0.29, 0.717) is 23.2 Å². The third kappa shape index (κ3) is 4.94. The summed E-state index contributed by atoms with van der Waals surface area (Å²) in [6.45, 7) is 9.21. The molecule has 0 aliphatic heterocycles. The Morgan fingerprint density at radius 3 is 1.79 bits per heavy atom. The summed E-state index contributed by atoms with van der Waals surface area (Å²) in [6.07, 6.45) is 1.76. The number of rotatable bonds is 5. The molecular weight excluding hydrogens is 573 g/mol. The number of aromatic nitrogens is 4. The summed E-state index contributed by atoms with van der Waals surface area (Å²) >= 11 is 0. The van der Waals surface area contributed by atoms with Gasteiger partial charge in [0.15, 0.2) is 17.5 Å². The van der Waals surface area contributed by atoms with Crippen LogP contribution in [-0.4, -0.2) is 19.9 Å². The molecule has 7 aromatic rings. The maximum atomic E-state index is 4.87. The number of hydrogen-bond donors (Lipinski definition) is 0. The number of hydrogen-bond acceptors (Lipinski definition) is 4. The Balaban J connectivity index is 1.13. The highest BCUT2D eigenvalue weighted by molar-refractivity contribution is 5.87. The average molecular weight is 607 g/mol. The van der Waals surface area contributed by atoms with E-state index in [-0.39, 0.29) is 5.41 Å². The fourth-order valence-corrected chi connectivity index (χ4v) is 7.22. The lowest BCUT2D eigenvalue weighted by Crippen LogP contribution is -2.16. The zero-order valence-electron chi connectivity index (χ0n) is 27.0. The molecule has 0 fully saturated rings. The van der Waals surface area contributed by atoms with Gasteiger partial charge in [0.2, 0.25) is 0 Å². The second-order valence-electron chi connectivity index (χ2n) is 12.8. The van der Waals surface area contributed by atoms with E-state index in [1.807, 2.05) is 48.5 Å². The predicted octanol–water partition coefficient (Wildman–Crippen LogP) is 10.5. The number of fused-ring (bicyclic) bond motifs is 3. The molecule has 0 radical (unpaired) electrons. The van der Waals surface area contributed by atoms with Crippen LogP contribution in [0.5, 0.6) is 0 Å². The smallest absolute Gasteiger partial charge is 0.182 e. The lowest BCUT2D eigenvalue weighted by molar-refractivity contribution is 0.656. The lowest BCUT2D eigenvalue weighted by Gasteiger charge is -2.25. The average Bonchev–Trinajstić information content (AvgIpc) is 3.36. The molecule has 226 valence electrons. The largest absolute Gasteiger partial charge is 0.253 e. The maximum absolute atomic E-state index is 4.87. The number of aryl methyl sites for hydroxylation is 1. The fraction of sp³-hybridized carbons (Fsp3) is 0.116. The lowest BCUT2D eigenvalue weighted by atomic mass is 9.78. The number of benzene rings is 5. The molecular formula is C43H34N4. The summed E-state index contributed by atoms with van der Waals surface area (Å²) in [4.78, 5) is 19.0. The van der Waals surface area contributed by atoms with Crippen LogP contribution in [0, 0.1) is 13.8 Å². The Labute approximate surface area is 275 Å². The zero-order valence-corrected chi connectivity index (χ0v) is 27.0. The Hall–Kier alpha value is -5.74. The first-order valence-electron chi connectivity index (χ1n) is 16.1. The van der Waals surface area contributed by atoms with Gasteiger partial charge in [0.25, 0.3) is 0 Å². The summed E-state index contributed by atoms with van der Waals surface area (Å²) in [6, 6.07) is 44.5. The van der Waals surface area contributed by atoms with E-state index in [4.69, 9.17) is 15.0 Å². The molecule has 0 saturated carbocycles. The van der Waals surface area contributed by atoms with Gasteiger partial charge in [-0.05, 0) is 81.6 Å². The molecule has 8 rings (SSSR count). The van der Waals surface area contributed by atoms with Gasteiger partial charge in [0.1, 0.15) is 5.69 Å². The van der Waals surface area contributed by atoms with E-state index in [9.17, 15) is 0 Å². The molecule has 1 aliphatic carbocycles. The van der Waals surface area contributed by atoms with Gasteiger partial charge in [-0.3, -0.25) is 4.98 Å². The van der Waals surface area contributed by atoms with Crippen molar-refractivity contribution in [1.29, 1.82) is 0 Å². The SMILES string of the molecule is Cc1cc(-c2ccc(-c3nc(-c4ccccc4)nc(-c4ccccn4)n3)cc2)ccc1-c1ccc2c(c1C)C(C)(C)c1ccccc1-2. The van der Waals surface area contributed by atoms with Gasteiger partial charge in [0.05, 0.1) is 0 Å². The summed E-state index contributed by atoms with van der Waals surface area (Å²) in [5.41, 5.74) is 15.6. The minimum atomic E-state index is -0.0274. The highest BCUT2D eigenvalue weighted by Gasteiger charge is 2.37. The summed E-state index contributed by atoms with van der Waals surface area (Å²) in [5, 5.41) is 0. The molecule has 47 heavy (non-hydrogen) atoms. The van der Waals surface area contributed by atoms with Gasteiger partial charge in [-0.1, -0.05) is 129 Å². The van der Waals surface area contributed by atoms with Gasteiger partial charge in [0, 0.05) is 22.7 Å². The Kier molecular flexibility index (Phi) is 6.87. The van der Waals surface area contributed by atoms with Crippen molar-refractivity contribution in [2.75, 3.05) is 0 Å². The van der Waals surface area contributed by atoms with Gasteiger partial charge in [-0.2, -0.15) is 0 Å². The van der Waals surface area contributed by atoms with Crippen molar-refractivity contribution in [3.05, 3.63) is 156 Å². The molecule has 2 heterocycles. The minimum absolute atomic E-state index is 0.0274. The summed E-state index contributed by atoms with van der Waals surface area (Å²) < 4.78 is 0. The van der Waals surface area contributed by atoms with Crippen molar-refractivity contribution in [3.8, 4) is 67.7 Å². The Morgan fingerprint density at radius 2 is 1.06 bits per heavy atom. The van der Waals surface area contributed by atoms with Crippen molar-refractivity contribution in [1.82, 2.24) is 19.9 Å². The van der Waals surface area contributed by atoms with Gasteiger partial charge in [-0.15, -0.1) is 0 Å². The highest BCUT2D eigenvalue weighted by atomic mass is 15.0. The van der Waals surface area contributed by atoms with Gasteiger partial charge >= 0.3 is 0 Å². The Bertz CT molecular complexity index is 2210.